The predicted octanol–water partition coefficient (Wildman–Crippen LogP) is 7.49. The maximum atomic E-state index is 15.2. The average Bonchev–Trinajstić information content (AvgIpc) is 3.94. The Morgan fingerprint density at radius 1 is 0.833 bits per heavy atom. The fourth-order valence-electron chi connectivity index (χ4n) is 6.64. The van der Waals surface area contributed by atoms with Crippen LogP contribution in [0.25, 0.3) is 33.2 Å². The zero-order valence-electron chi connectivity index (χ0n) is 30.4. The topological polar surface area (TPSA) is 142 Å². The Labute approximate surface area is 317 Å². The number of aryl methyl sites for hydroxylation is 2. The smallest absolute Gasteiger partial charge is 0.254 e. The van der Waals surface area contributed by atoms with Crippen LogP contribution < -0.4 is 18.9 Å². The molecular formula is C39H38N4O8S3. The minimum absolute atomic E-state index is 0.0146. The molecule has 0 saturated carbocycles. The number of H-pyrrole nitrogens is 1. The molecule has 4 heterocycles. The van der Waals surface area contributed by atoms with Crippen LogP contribution in [0.3, 0.4) is 0 Å². The molecule has 280 valence electrons. The largest absolute Gasteiger partial charge is 0.497 e. The molecule has 7 rings (SSSR count). The molecule has 1 unspecified atom stereocenters. The number of sulfone groups is 1. The van der Waals surface area contributed by atoms with Crippen molar-refractivity contribution in [2.75, 3.05) is 28.4 Å². The third-order valence-corrected chi connectivity index (χ3v) is 14.7. The molecule has 0 aliphatic rings. The number of rotatable bonds is 13. The van der Waals surface area contributed by atoms with Crippen LogP contribution in [0.15, 0.2) is 106 Å². The second kappa shape index (κ2) is 14.5. The molecule has 0 aliphatic heterocycles. The van der Waals surface area contributed by atoms with E-state index in [4.69, 9.17) is 18.9 Å². The van der Waals surface area contributed by atoms with Crippen molar-refractivity contribution < 1.29 is 35.8 Å². The highest BCUT2D eigenvalue weighted by molar-refractivity contribution is 7.94. The maximum Gasteiger partial charge on any atom is 0.254 e. The van der Waals surface area contributed by atoms with Gasteiger partial charge in [-0.15, -0.1) is 11.3 Å². The Hall–Kier alpha value is -5.35. The molecule has 0 amide bonds. The number of hydrogen-bond acceptors (Lipinski definition) is 10. The summed E-state index contributed by atoms with van der Waals surface area (Å²) in [7, 11) is -0.924. The third-order valence-electron chi connectivity index (χ3n) is 9.40. The van der Waals surface area contributed by atoms with E-state index < -0.39 is 25.2 Å². The lowest BCUT2D eigenvalue weighted by molar-refractivity contribution is 0.355. The average molecular weight is 787 g/mol. The van der Waals surface area contributed by atoms with Gasteiger partial charge in [0.25, 0.3) is 10.0 Å². The zero-order valence-corrected chi connectivity index (χ0v) is 32.8. The third kappa shape index (κ3) is 6.46. The number of thiophene rings is 1. The number of pyridine rings is 1. The van der Waals surface area contributed by atoms with Crippen molar-refractivity contribution in [2.45, 2.75) is 27.9 Å². The Kier molecular flexibility index (Phi) is 9.91. The molecule has 7 aromatic rings. The second-order valence-corrected chi connectivity index (χ2v) is 17.7. The molecule has 54 heavy (non-hydrogen) atoms. The summed E-state index contributed by atoms with van der Waals surface area (Å²) in [6.45, 7) is 1.50. The fraction of sp³-hybridized carbons (Fsp3) is 0.205. The van der Waals surface area contributed by atoms with E-state index in [1.807, 2.05) is 42.9 Å². The summed E-state index contributed by atoms with van der Waals surface area (Å²) in [5.41, 5.74) is 4.18. The van der Waals surface area contributed by atoms with Crippen LogP contribution in [0, 0.1) is 6.92 Å². The van der Waals surface area contributed by atoms with Gasteiger partial charge in [-0.2, -0.15) is 4.31 Å². The zero-order chi connectivity index (χ0) is 38.4. The maximum absolute atomic E-state index is 15.2. The van der Waals surface area contributed by atoms with Gasteiger partial charge in [-0.25, -0.2) is 21.8 Å². The number of aromatic amines is 1. The number of nitrogens with one attached hydrogen (secondary N) is 1. The monoisotopic (exact) mass is 786 g/mol. The number of methoxy groups -OCH3 is 4. The minimum Gasteiger partial charge on any atom is -0.497 e. The Balaban J connectivity index is 1.50. The predicted molar refractivity (Wildman–Crippen MR) is 209 cm³/mol. The van der Waals surface area contributed by atoms with Gasteiger partial charge in [0.1, 0.15) is 21.4 Å². The van der Waals surface area contributed by atoms with E-state index in [2.05, 4.69) is 9.97 Å². The number of fused-ring (bicyclic) bond motifs is 2. The molecule has 0 saturated heterocycles. The summed E-state index contributed by atoms with van der Waals surface area (Å²) in [5, 5.41) is 1.17. The Bertz CT molecular complexity index is 2700. The van der Waals surface area contributed by atoms with Crippen molar-refractivity contribution in [1.29, 1.82) is 0 Å². The molecular weight excluding hydrogens is 749 g/mol. The summed E-state index contributed by atoms with van der Waals surface area (Å²) in [6, 6.07) is 21.6. The van der Waals surface area contributed by atoms with Gasteiger partial charge in [-0.1, -0.05) is 29.8 Å². The first-order valence-corrected chi connectivity index (χ1v) is 20.5. The van der Waals surface area contributed by atoms with Crippen LogP contribution in [0.2, 0.25) is 0 Å². The number of hydrogen-bond donors (Lipinski definition) is 1. The number of aromatic nitrogens is 3. The number of ether oxygens (including phenoxy) is 4. The van der Waals surface area contributed by atoms with Crippen molar-refractivity contribution in [3.63, 3.8) is 0 Å². The Morgan fingerprint density at radius 2 is 1.56 bits per heavy atom. The molecule has 3 aromatic carbocycles. The van der Waals surface area contributed by atoms with Gasteiger partial charge >= 0.3 is 0 Å². The number of nitrogens with zero attached hydrogens (tertiary/aromatic N) is 3. The molecule has 0 radical (unpaired) electrons. The molecule has 0 bridgehead atoms. The van der Waals surface area contributed by atoms with Crippen molar-refractivity contribution in [2.24, 2.45) is 7.05 Å². The lowest BCUT2D eigenvalue weighted by Gasteiger charge is -2.31. The van der Waals surface area contributed by atoms with Gasteiger partial charge in [0.05, 0.1) is 38.9 Å². The molecule has 4 aromatic heterocycles. The van der Waals surface area contributed by atoms with E-state index in [1.165, 1.54) is 38.6 Å². The van der Waals surface area contributed by atoms with E-state index in [0.29, 0.717) is 45.3 Å². The first-order valence-electron chi connectivity index (χ1n) is 16.7. The van der Waals surface area contributed by atoms with Gasteiger partial charge < -0.3 is 28.5 Å². The molecule has 12 nitrogen and oxygen atoms in total. The summed E-state index contributed by atoms with van der Waals surface area (Å²) < 4.78 is 85.2. The molecule has 0 aliphatic carbocycles. The van der Waals surface area contributed by atoms with Crippen LogP contribution in [-0.4, -0.2) is 64.1 Å². The van der Waals surface area contributed by atoms with Gasteiger partial charge in [0.15, 0.2) is 26.7 Å². The minimum atomic E-state index is -4.48. The SMILES string of the molecule is COc1ccc(CN(C(c2ccnc3[nH]c(-c4cn(C)c5cc(OC)c(OC)cc45)cc23)S(=O)(=O)c2ccc(C)cc2)S(=O)(=O)c2cccs2)c(OC)c1. The molecule has 1 N–H and O–H groups in total. The van der Waals surface area contributed by atoms with Crippen molar-refractivity contribution in [3.05, 3.63) is 113 Å². The normalized spacial score (nSPS) is 12.7. The fourth-order valence-corrected chi connectivity index (χ4v) is 11.6. The van der Waals surface area contributed by atoms with Crippen LogP contribution in [0.1, 0.15) is 22.1 Å². The van der Waals surface area contributed by atoms with Gasteiger partial charge in [0.2, 0.25) is 0 Å². The van der Waals surface area contributed by atoms with E-state index in [1.54, 1.807) is 62.1 Å². The summed E-state index contributed by atoms with van der Waals surface area (Å²) in [6.07, 6.45) is 3.43. The number of benzene rings is 3. The van der Waals surface area contributed by atoms with Crippen LogP contribution in [0.4, 0.5) is 0 Å². The van der Waals surface area contributed by atoms with Crippen molar-refractivity contribution in [3.8, 4) is 34.3 Å². The highest BCUT2D eigenvalue weighted by Crippen LogP contribution is 2.44. The van der Waals surface area contributed by atoms with Crippen molar-refractivity contribution >= 4 is 53.1 Å². The first kappa shape index (κ1) is 37.0. The van der Waals surface area contributed by atoms with E-state index in [0.717, 1.165) is 37.7 Å². The molecule has 0 fully saturated rings. The molecule has 15 heteroatoms. The lowest BCUT2D eigenvalue weighted by Crippen LogP contribution is -2.38. The first-order chi connectivity index (χ1) is 25.9. The quantitative estimate of drug-likeness (QED) is 0.126. The van der Waals surface area contributed by atoms with Crippen LogP contribution in [0.5, 0.6) is 23.0 Å². The molecule has 0 spiro atoms. The standard InChI is InChI=1S/C39H38N4O8S3/c1-24-9-13-27(14-10-24)53(44,45)39(43(54(46,47)37-8-7-17-52-37)22-25-11-12-26(48-3)18-34(25)49-4)28-15-16-40-38-30(28)19-32(41-38)31-23-42(2)33-21-36(51-6)35(50-5)20-29(31)33/h7-21,23,39H,22H2,1-6H3,(H,40,41). The summed E-state index contributed by atoms with van der Waals surface area (Å²) >= 11 is 1.00. The highest BCUT2D eigenvalue weighted by Gasteiger charge is 2.43. The van der Waals surface area contributed by atoms with Crippen LogP contribution in [-0.2, 0) is 33.5 Å². The van der Waals surface area contributed by atoms with Gasteiger partial charge in [-0.05, 0) is 60.3 Å². The van der Waals surface area contributed by atoms with Crippen LogP contribution >= 0.6 is 11.3 Å². The molecule has 1 atom stereocenters. The lowest BCUT2D eigenvalue weighted by atomic mass is 10.1. The van der Waals surface area contributed by atoms with Crippen molar-refractivity contribution in [1.82, 2.24) is 18.8 Å². The summed E-state index contributed by atoms with van der Waals surface area (Å²) in [5.74, 6) is 1.94. The highest BCUT2D eigenvalue weighted by atomic mass is 32.2. The van der Waals surface area contributed by atoms with Gasteiger partial charge in [0, 0.05) is 65.7 Å². The van der Waals surface area contributed by atoms with E-state index >= 15 is 8.42 Å². The second-order valence-electron chi connectivity index (χ2n) is 12.6. The number of sulfonamides is 1. The summed E-state index contributed by atoms with van der Waals surface area (Å²) in [4.78, 5) is 7.92. The van der Waals surface area contributed by atoms with Gasteiger partial charge in [-0.3, -0.25) is 0 Å². The van der Waals surface area contributed by atoms with E-state index in [-0.39, 0.29) is 21.2 Å². The van der Waals surface area contributed by atoms with E-state index in [9.17, 15) is 8.42 Å². The Morgan fingerprint density at radius 3 is 2.22 bits per heavy atom.